The number of aromatic nitrogens is 3. The van der Waals surface area contributed by atoms with Crippen LogP contribution in [0.15, 0.2) is 47.1 Å². The molecule has 2 fully saturated rings. The van der Waals surface area contributed by atoms with Crippen molar-refractivity contribution < 1.29 is 19.1 Å². The molecule has 1 aromatic heterocycles. The molecule has 3 amide bonds. The van der Waals surface area contributed by atoms with Gasteiger partial charge in [-0.2, -0.15) is 0 Å². The van der Waals surface area contributed by atoms with Gasteiger partial charge in [0.05, 0.1) is 23.5 Å². The maximum Gasteiger partial charge on any atom is 0.410 e. The molecule has 1 unspecified atom stereocenters. The first-order valence-corrected chi connectivity index (χ1v) is 15.6. The molecular weight excluding hydrogens is 612 g/mol. The Morgan fingerprint density at radius 1 is 0.884 bits per heavy atom. The van der Waals surface area contributed by atoms with Crippen LogP contribution >= 0.6 is 15.9 Å². The van der Waals surface area contributed by atoms with Crippen LogP contribution in [-0.4, -0.2) is 85.9 Å². The summed E-state index contributed by atoms with van der Waals surface area (Å²) in [6, 6.07) is 11.1. The molecule has 0 saturated carbocycles. The van der Waals surface area contributed by atoms with Gasteiger partial charge < -0.3 is 14.5 Å². The van der Waals surface area contributed by atoms with E-state index in [4.69, 9.17) is 4.74 Å². The highest BCUT2D eigenvalue weighted by Crippen LogP contribution is 2.32. The van der Waals surface area contributed by atoms with E-state index in [-0.39, 0.29) is 23.9 Å². The Hall–Kier alpha value is -3.73. The minimum Gasteiger partial charge on any atom is -0.444 e. The van der Waals surface area contributed by atoms with Gasteiger partial charge in [0.15, 0.2) is 0 Å². The third-order valence-corrected chi connectivity index (χ3v) is 8.38. The van der Waals surface area contributed by atoms with Crippen LogP contribution in [0.5, 0.6) is 0 Å². The summed E-state index contributed by atoms with van der Waals surface area (Å²) in [7, 11) is 0. The number of piperidine rings is 1. The Morgan fingerprint density at radius 2 is 1.53 bits per heavy atom. The standard InChI is InChI=1S/C32H39BrN6O4/c1-21-9-11-25(30(41)37-16-14-36(15-17-37)29(40)24-12-10-23(33)19-22(24)2)28(18-21)39-20-26(34-35-39)27-8-6-7-13-38(27)31(42)43-32(3,4)5/h9-12,18-20,27H,6-8,13-17H2,1-5H3. The van der Waals surface area contributed by atoms with Crippen molar-refractivity contribution in [1.29, 1.82) is 0 Å². The molecule has 2 aliphatic heterocycles. The molecular formula is C32H39BrN6O4. The zero-order chi connectivity index (χ0) is 30.9. The summed E-state index contributed by atoms with van der Waals surface area (Å²) >= 11 is 3.45. The molecule has 0 aliphatic carbocycles. The van der Waals surface area contributed by atoms with Crippen LogP contribution in [0, 0.1) is 13.8 Å². The van der Waals surface area contributed by atoms with E-state index in [2.05, 4.69) is 26.2 Å². The van der Waals surface area contributed by atoms with Crippen molar-refractivity contribution in [2.45, 2.75) is 65.5 Å². The average Bonchev–Trinajstić information content (AvgIpc) is 3.46. The van der Waals surface area contributed by atoms with Crippen LogP contribution in [0.25, 0.3) is 5.69 Å². The van der Waals surface area contributed by atoms with Crippen LogP contribution in [0.1, 0.15) is 83.6 Å². The molecule has 0 N–H and O–H groups in total. The summed E-state index contributed by atoms with van der Waals surface area (Å²) in [6.07, 6.45) is 4.10. The zero-order valence-electron chi connectivity index (χ0n) is 25.5. The first kappa shape index (κ1) is 30.7. The second kappa shape index (κ2) is 12.5. The van der Waals surface area contributed by atoms with Gasteiger partial charge in [0.2, 0.25) is 0 Å². The molecule has 5 rings (SSSR count). The second-order valence-corrected chi connectivity index (χ2v) is 13.3. The largest absolute Gasteiger partial charge is 0.444 e. The summed E-state index contributed by atoms with van der Waals surface area (Å²) < 4.78 is 8.23. The van der Waals surface area contributed by atoms with Gasteiger partial charge in [-0.25, -0.2) is 9.48 Å². The van der Waals surface area contributed by atoms with Gasteiger partial charge in [0.25, 0.3) is 11.8 Å². The number of likely N-dealkylation sites (tertiary alicyclic amines) is 1. The van der Waals surface area contributed by atoms with E-state index in [1.165, 1.54) is 0 Å². The van der Waals surface area contributed by atoms with Crippen LogP contribution in [0.4, 0.5) is 4.79 Å². The molecule has 2 aliphatic rings. The molecule has 11 heteroatoms. The SMILES string of the molecule is Cc1ccc(C(=O)N2CCN(C(=O)c3ccc(Br)cc3C)CC2)c(-n2cc(C3CCCCN3C(=O)OC(C)(C)C)nn2)c1. The lowest BCUT2D eigenvalue weighted by Crippen LogP contribution is -2.50. The van der Waals surface area contributed by atoms with Crippen molar-refractivity contribution >= 4 is 33.8 Å². The monoisotopic (exact) mass is 650 g/mol. The van der Waals surface area contributed by atoms with Crippen molar-refractivity contribution in [2.24, 2.45) is 0 Å². The topological polar surface area (TPSA) is 101 Å². The number of amides is 3. The number of rotatable bonds is 4. The fraction of sp³-hybridized carbons (Fsp3) is 0.469. The maximum atomic E-state index is 13.8. The van der Waals surface area contributed by atoms with Gasteiger partial charge in [-0.15, -0.1) is 5.10 Å². The van der Waals surface area contributed by atoms with Crippen molar-refractivity contribution in [3.63, 3.8) is 0 Å². The Kier molecular flexibility index (Phi) is 8.91. The fourth-order valence-corrected chi connectivity index (χ4v) is 6.13. The highest BCUT2D eigenvalue weighted by molar-refractivity contribution is 9.10. The Bertz CT molecular complexity index is 1520. The number of ether oxygens (including phenoxy) is 1. The number of carbonyl (C=O) groups is 3. The molecule has 0 spiro atoms. The number of carbonyl (C=O) groups excluding carboxylic acids is 3. The minimum absolute atomic E-state index is 0.0218. The van der Waals surface area contributed by atoms with Crippen LogP contribution < -0.4 is 0 Å². The first-order chi connectivity index (χ1) is 20.4. The van der Waals surface area contributed by atoms with E-state index >= 15 is 0 Å². The second-order valence-electron chi connectivity index (χ2n) is 12.3. The normalized spacial score (nSPS) is 17.6. The van der Waals surface area contributed by atoms with Crippen molar-refractivity contribution in [1.82, 2.24) is 29.7 Å². The molecule has 3 heterocycles. The quantitative estimate of drug-likeness (QED) is 0.359. The van der Waals surface area contributed by atoms with E-state index in [0.717, 1.165) is 34.9 Å². The van der Waals surface area contributed by atoms with Crippen molar-refractivity contribution in [2.75, 3.05) is 32.7 Å². The fourth-order valence-electron chi connectivity index (χ4n) is 5.66. The molecule has 3 aromatic rings. The Morgan fingerprint density at radius 3 is 2.19 bits per heavy atom. The lowest BCUT2D eigenvalue weighted by Gasteiger charge is -2.35. The molecule has 0 radical (unpaired) electrons. The van der Waals surface area contributed by atoms with Gasteiger partial charge in [0, 0.05) is 42.8 Å². The van der Waals surface area contributed by atoms with Gasteiger partial charge in [-0.05, 0) is 95.3 Å². The molecule has 10 nitrogen and oxygen atoms in total. The third kappa shape index (κ3) is 6.92. The lowest BCUT2D eigenvalue weighted by atomic mass is 10.0. The molecule has 1 atom stereocenters. The third-order valence-electron chi connectivity index (χ3n) is 7.89. The van der Waals surface area contributed by atoms with E-state index < -0.39 is 5.60 Å². The highest BCUT2D eigenvalue weighted by atomic mass is 79.9. The number of aryl methyl sites for hydroxylation is 2. The van der Waals surface area contributed by atoms with Gasteiger partial charge in [-0.3, -0.25) is 14.5 Å². The van der Waals surface area contributed by atoms with Gasteiger partial charge >= 0.3 is 6.09 Å². The summed E-state index contributed by atoms with van der Waals surface area (Å²) in [5, 5.41) is 8.85. The number of hydrogen-bond acceptors (Lipinski definition) is 6. The predicted molar refractivity (Wildman–Crippen MR) is 166 cm³/mol. The summed E-state index contributed by atoms with van der Waals surface area (Å²) in [5.41, 5.74) is 3.79. The minimum atomic E-state index is -0.593. The zero-order valence-corrected chi connectivity index (χ0v) is 27.1. The molecule has 0 bridgehead atoms. The van der Waals surface area contributed by atoms with Crippen molar-refractivity contribution in [3.8, 4) is 5.69 Å². The Labute approximate surface area is 261 Å². The van der Waals surface area contributed by atoms with Crippen LogP contribution in [0.3, 0.4) is 0 Å². The van der Waals surface area contributed by atoms with E-state index in [9.17, 15) is 14.4 Å². The van der Waals surface area contributed by atoms with Gasteiger partial charge in [0.1, 0.15) is 11.3 Å². The predicted octanol–water partition coefficient (Wildman–Crippen LogP) is 5.71. The molecule has 2 aromatic carbocycles. The summed E-state index contributed by atoms with van der Waals surface area (Å²) in [4.78, 5) is 45.3. The molecule has 43 heavy (non-hydrogen) atoms. The average molecular weight is 652 g/mol. The number of nitrogens with zero attached hydrogens (tertiary/aromatic N) is 6. The highest BCUT2D eigenvalue weighted by Gasteiger charge is 2.34. The first-order valence-electron chi connectivity index (χ1n) is 14.8. The molecule has 228 valence electrons. The van der Waals surface area contributed by atoms with Gasteiger partial charge in [-0.1, -0.05) is 27.2 Å². The number of piperazine rings is 1. The van der Waals surface area contributed by atoms with E-state index in [1.54, 1.807) is 19.4 Å². The smallest absolute Gasteiger partial charge is 0.410 e. The maximum absolute atomic E-state index is 13.8. The summed E-state index contributed by atoms with van der Waals surface area (Å²) in [5.74, 6) is -0.140. The molecule has 2 saturated heterocycles. The summed E-state index contributed by atoms with van der Waals surface area (Å²) in [6.45, 7) is 11.8. The van der Waals surface area contributed by atoms with E-state index in [0.29, 0.717) is 55.2 Å². The van der Waals surface area contributed by atoms with E-state index in [1.807, 2.05) is 77.2 Å². The number of halogens is 1. The van der Waals surface area contributed by atoms with Crippen LogP contribution in [-0.2, 0) is 4.74 Å². The Balaban J connectivity index is 1.32. The van der Waals surface area contributed by atoms with Crippen LogP contribution in [0.2, 0.25) is 0 Å². The van der Waals surface area contributed by atoms with Crippen molar-refractivity contribution in [3.05, 3.63) is 75.0 Å². The lowest BCUT2D eigenvalue weighted by molar-refractivity contribution is 0.00897. The number of hydrogen-bond donors (Lipinski definition) is 0. The number of benzene rings is 2.